The normalized spacial score (nSPS) is 13.9. The Morgan fingerprint density at radius 3 is 2.27 bits per heavy atom. The van der Waals surface area contributed by atoms with Crippen LogP contribution in [-0.4, -0.2) is 11.2 Å². The van der Waals surface area contributed by atoms with E-state index >= 15 is 0 Å². The average molecular weight is 206 g/mol. The van der Waals surface area contributed by atoms with Gasteiger partial charge in [0.15, 0.2) is 0 Å². The maximum absolute atomic E-state index is 9.85. The highest BCUT2D eigenvalue weighted by atomic mass is 16.3. The fourth-order valence-corrected chi connectivity index (χ4v) is 1.79. The lowest BCUT2D eigenvalue weighted by atomic mass is 9.87. The highest BCUT2D eigenvalue weighted by Crippen LogP contribution is 2.22. The first kappa shape index (κ1) is 12.3. The zero-order valence-corrected chi connectivity index (χ0v) is 10.0. The van der Waals surface area contributed by atoms with E-state index in [-0.39, 0.29) is 11.5 Å². The van der Waals surface area contributed by atoms with Gasteiger partial charge >= 0.3 is 0 Å². The van der Waals surface area contributed by atoms with Gasteiger partial charge in [0.05, 0.1) is 6.10 Å². The van der Waals surface area contributed by atoms with Crippen molar-refractivity contribution in [1.29, 1.82) is 0 Å². The summed E-state index contributed by atoms with van der Waals surface area (Å²) < 4.78 is 0. The summed E-state index contributed by atoms with van der Waals surface area (Å²) in [5.41, 5.74) is 1.53. The minimum Gasteiger partial charge on any atom is -0.393 e. The lowest BCUT2D eigenvalue weighted by Gasteiger charge is -2.22. The van der Waals surface area contributed by atoms with Crippen molar-refractivity contribution in [2.45, 2.75) is 46.1 Å². The molecule has 1 rings (SSSR count). The molecule has 1 unspecified atom stereocenters. The Bertz CT molecular complexity index is 271. The molecule has 1 aromatic rings. The number of aliphatic hydroxyl groups excluding tert-OH is 1. The van der Waals surface area contributed by atoms with Gasteiger partial charge in [-0.2, -0.15) is 0 Å². The molecule has 0 bridgehead atoms. The van der Waals surface area contributed by atoms with E-state index in [1.807, 2.05) is 18.2 Å². The maximum Gasteiger partial charge on any atom is 0.0548 e. The van der Waals surface area contributed by atoms with E-state index in [2.05, 4.69) is 32.9 Å². The molecule has 0 aliphatic carbocycles. The summed E-state index contributed by atoms with van der Waals surface area (Å²) in [6.07, 6.45) is 2.53. The molecule has 0 saturated heterocycles. The topological polar surface area (TPSA) is 20.2 Å². The summed E-state index contributed by atoms with van der Waals surface area (Å²) in [4.78, 5) is 0. The summed E-state index contributed by atoms with van der Waals surface area (Å²) in [6, 6.07) is 10.3. The molecule has 84 valence electrons. The van der Waals surface area contributed by atoms with Crippen LogP contribution in [0.3, 0.4) is 0 Å². The lowest BCUT2D eigenvalue weighted by Crippen LogP contribution is -2.18. The molecule has 15 heavy (non-hydrogen) atoms. The van der Waals surface area contributed by atoms with E-state index in [4.69, 9.17) is 0 Å². The molecular weight excluding hydrogens is 184 g/mol. The highest BCUT2D eigenvalue weighted by Gasteiger charge is 2.16. The molecule has 0 aliphatic heterocycles. The lowest BCUT2D eigenvalue weighted by molar-refractivity contribution is 0.113. The van der Waals surface area contributed by atoms with E-state index in [9.17, 15) is 5.11 Å². The fraction of sp³-hybridized carbons (Fsp3) is 0.571. The number of hydrogen-bond acceptors (Lipinski definition) is 1. The van der Waals surface area contributed by atoms with Gasteiger partial charge in [-0.15, -0.1) is 0 Å². The van der Waals surface area contributed by atoms with E-state index < -0.39 is 0 Å². The van der Waals surface area contributed by atoms with Crippen molar-refractivity contribution in [3.8, 4) is 0 Å². The zero-order valence-electron chi connectivity index (χ0n) is 10.0. The first-order chi connectivity index (χ1) is 6.97. The van der Waals surface area contributed by atoms with Crippen LogP contribution < -0.4 is 0 Å². The largest absolute Gasteiger partial charge is 0.393 e. The molecule has 0 aromatic heterocycles. The third-order valence-corrected chi connectivity index (χ3v) is 2.46. The molecule has 1 atom stereocenters. The average Bonchev–Trinajstić information content (AvgIpc) is 2.14. The molecule has 1 heteroatoms. The van der Waals surface area contributed by atoms with Gasteiger partial charge in [-0.1, -0.05) is 51.1 Å². The predicted molar refractivity (Wildman–Crippen MR) is 64.8 cm³/mol. The molecule has 1 N–H and O–H groups in total. The van der Waals surface area contributed by atoms with Crippen LogP contribution in [0.5, 0.6) is 0 Å². The van der Waals surface area contributed by atoms with Crippen molar-refractivity contribution in [2.24, 2.45) is 5.41 Å². The van der Waals surface area contributed by atoms with E-state index in [1.54, 1.807) is 0 Å². The monoisotopic (exact) mass is 206 g/mol. The standard InChI is InChI=1S/C14H22O/c1-14(2,3)11-13(15)10-9-12-7-5-4-6-8-12/h4-8,13,15H,9-11H2,1-3H3. The second kappa shape index (κ2) is 5.32. The molecular formula is C14H22O. The van der Waals surface area contributed by atoms with Crippen LogP contribution in [0, 0.1) is 5.41 Å². The van der Waals surface area contributed by atoms with Crippen molar-refractivity contribution >= 4 is 0 Å². The Hall–Kier alpha value is -0.820. The van der Waals surface area contributed by atoms with Gasteiger partial charge in [0, 0.05) is 0 Å². The van der Waals surface area contributed by atoms with Crippen LogP contribution in [0.4, 0.5) is 0 Å². The van der Waals surface area contributed by atoms with Crippen LogP contribution in [0.2, 0.25) is 0 Å². The molecule has 0 heterocycles. The second-order valence-corrected chi connectivity index (χ2v) is 5.44. The van der Waals surface area contributed by atoms with E-state index in [1.165, 1.54) is 5.56 Å². The number of aliphatic hydroxyl groups is 1. The van der Waals surface area contributed by atoms with Gasteiger partial charge < -0.3 is 5.11 Å². The van der Waals surface area contributed by atoms with Crippen molar-refractivity contribution < 1.29 is 5.11 Å². The molecule has 0 saturated carbocycles. The third-order valence-electron chi connectivity index (χ3n) is 2.46. The molecule has 0 radical (unpaired) electrons. The Morgan fingerprint density at radius 2 is 1.73 bits per heavy atom. The molecule has 1 nitrogen and oxygen atoms in total. The van der Waals surface area contributed by atoms with Gasteiger partial charge in [-0.25, -0.2) is 0 Å². The first-order valence-electron chi connectivity index (χ1n) is 5.69. The molecule has 1 aromatic carbocycles. The van der Waals surface area contributed by atoms with Gasteiger partial charge in [0.1, 0.15) is 0 Å². The molecule has 0 fully saturated rings. The SMILES string of the molecule is CC(C)(C)CC(O)CCc1ccccc1. The Morgan fingerprint density at radius 1 is 1.13 bits per heavy atom. The molecule has 0 amide bonds. The number of aryl methyl sites for hydroxylation is 1. The summed E-state index contributed by atoms with van der Waals surface area (Å²) in [6.45, 7) is 6.50. The van der Waals surface area contributed by atoms with Crippen molar-refractivity contribution in [3.05, 3.63) is 35.9 Å². The van der Waals surface area contributed by atoms with Gasteiger partial charge in [-0.05, 0) is 30.2 Å². The predicted octanol–water partition coefficient (Wildman–Crippen LogP) is 3.42. The van der Waals surface area contributed by atoms with Gasteiger partial charge in [-0.3, -0.25) is 0 Å². The third kappa shape index (κ3) is 5.58. The minimum atomic E-state index is -0.176. The van der Waals surface area contributed by atoms with Crippen LogP contribution >= 0.6 is 0 Å². The van der Waals surface area contributed by atoms with Crippen molar-refractivity contribution in [2.75, 3.05) is 0 Å². The molecule has 0 spiro atoms. The number of benzene rings is 1. The Labute approximate surface area is 93.1 Å². The van der Waals surface area contributed by atoms with E-state index in [0.29, 0.717) is 0 Å². The van der Waals surface area contributed by atoms with Crippen molar-refractivity contribution in [3.63, 3.8) is 0 Å². The fourth-order valence-electron chi connectivity index (χ4n) is 1.79. The van der Waals surface area contributed by atoms with Gasteiger partial charge in [0.2, 0.25) is 0 Å². The zero-order chi connectivity index (χ0) is 11.3. The van der Waals surface area contributed by atoms with Crippen LogP contribution in [0.1, 0.15) is 39.2 Å². The van der Waals surface area contributed by atoms with E-state index in [0.717, 1.165) is 19.3 Å². The first-order valence-corrected chi connectivity index (χ1v) is 5.69. The highest BCUT2D eigenvalue weighted by molar-refractivity contribution is 5.14. The van der Waals surface area contributed by atoms with Gasteiger partial charge in [0.25, 0.3) is 0 Å². The Balaban J connectivity index is 2.32. The van der Waals surface area contributed by atoms with Crippen LogP contribution in [-0.2, 0) is 6.42 Å². The summed E-state index contributed by atoms with van der Waals surface area (Å²) >= 11 is 0. The number of hydrogen-bond donors (Lipinski definition) is 1. The summed E-state index contributed by atoms with van der Waals surface area (Å²) in [5.74, 6) is 0. The minimum absolute atomic E-state index is 0.176. The second-order valence-electron chi connectivity index (χ2n) is 5.44. The maximum atomic E-state index is 9.85. The smallest absolute Gasteiger partial charge is 0.0548 e. The van der Waals surface area contributed by atoms with Crippen LogP contribution in [0.15, 0.2) is 30.3 Å². The summed E-state index contributed by atoms with van der Waals surface area (Å²) in [5, 5.41) is 9.85. The Kier molecular flexibility index (Phi) is 4.34. The van der Waals surface area contributed by atoms with Crippen molar-refractivity contribution in [1.82, 2.24) is 0 Å². The van der Waals surface area contributed by atoms with Crippen LogP contribution in [0.25, 0.3) is 0 Å². The molecule has 0 aliphatic rings. The summed E-state index contributed by atoms with van der Waals surface area (Å²) in [7, 11) is 0. The number of rotatable bonds is 4. The quantitative estimate of drug-likeness (QED) is 0.800.